The normalized spacial score (nSPS) is 22.3. The fourth-order valence-electron chi connectivity index (χ4n) is 2.43. The van der Waals surface area contributed by atoms with Gasteiger partial charge in [0.05, 0.1) is 11.9 Å². The highest BCUT2D eigenvalue weighted by atomic mass is 16.4. The predicted octanol–water partition coefficient (Wildman–Crippen LogP) is 0.254. The zero-order valence-corrected chi connectivity index (χ0v) is 11.1. The van der Waals surface area contributed by atoms with Crippen LogP contribution in [0, 0.1) is 0 Å². The summed E-state index contributed by atoms with van der Waals surface area (Å²) in [6, 6.07) is 0.431. The number of piperazine rings is 1. The molecule has 1 saturated heterocycles. The van der Waals surface area contributed by atoms with Gasteiger partial charge in [-0.25, -0.2) is 4.79 Å². The molecule has 0 aliphatic carbocycles. The number of carboxylic acids is 1. The highest BCUT2D eigenvalue weighted by Crippen LogP contribution is 2.15. The molecule has 1 aromatic rings. The van der Waals surface area contributed by atoms with E-state index in [1.165, 1.54) is 6.20 Å². The van der Waals surface area contributed by atoms with Crippen LogP contribution in [0.2, 0.25) is 0 Å². The van der Waals surface area contributed by atoms with E-state index >= 15 is 0 Å². The van der Waals surface area contributed by atoms with Gasteiger partial charge < -0.3 is 10.0 Å². The first kappa shape index (κ1) is 13.0. The van der Waals surface area contributed by atoms with E-state index in [1.54, 1.807) is 11.7 Å². The van der Waals surface area contributed by atoms with E-state index in [0.717, 1.165) is 25.3 Å². The maximum absolute atomic E-state index is 11.1. The molecule has 1 aliphatic rings. The molecule has 100 valence electrons. The van der Waals surface area contributed by atoms with E-state index < -0.39 is 5.97 Å². The zero-order chi connectivity index (χ0) is 13.3. The van der Waals surface area contributed by atoms with Crippen LogP contribution in [0.3, 0.4) is 0 Å². The molecule has 1 fully saturated rings. The first-order chi connectivity index (χ1) is 8.49. The second kappa shape index (κ2) is 5.07. The average molecular weight is 252 g/mol. The summed E-state index contributed by atoms with van der Waals surface area (Å²) < 4.78 is 1.66. The van der Waals surface area contributed by atoms with Gasteiger partial charge in [0.1, 0.15) is 5.56 Å². The van der Waals surface area contributed by atoms with E-state index in [-0.39, 0.29) is 0 Å². The van der Waals surface area contributed by atoms with Gasteiger partial charge in [-0.05, 0) is 14.0 Å². The molecule has 1 unspecified atom stereocenters. The quantitative estimate of drug-likeness (QED) is 0.836. The third-order valence-electron chi connectivity index (χ3n) is 3.61. The number of likely N-dealkylation sites (N-methyl/N-ethyl adjacent to an activating group) is 1. The second-order valence-corrected chi connectivity index (χ2v) is 5.02. The first-order valence-corrected chi connectivity index (χ1v) is 6.15. The number of nitrogens with zero attached hydrogens (tertiary/aromatic N) is 4. The molecule has 6 nitrogen and oxygen atoms in total. The minimum Gasteiger partial charge on any atom is -0.478 e. The van der Waals surface area contributed by atoms with E-state index in [4.69, 9.17) is 5.11 Å². The molecular weight excluding hydrogens is 232 g/mol. The number of aromatic carboxylic acids is 1. The highest BCUT2D eigenvalue weighted by Gasteiger charge is 2.24. The molecule has 6 heteroatoms. The molecule has 0 radical (unpaired) electrons. The maximum atomic E-state index is 11.1. The molecule has 1 N–H and O–H groups in total. The van der Waals surface area contributed by atoms with Crippen molar-refractivity contribution in [1.82, 2.24) is 19.6 Å². The predicted molar refractivity (Wildman–Crippen MR) is 67.5 cm³/mol. The van der Waals surface area contributed by atoms with Gasteiger partial charge >= 0.3 is 5.97 Å². The van der Waals surface area contributed by atoms with E-state index in [1.807, 2.05) is 0 Å². The van der Waals surface area contributed by atoms with Crippen LogP contribution < -0.4 is 0 Å². The number of carboxylic acid groups (broad SMARTS) is 1. The highest BCUT2D eigenvalue weighted by molar-refractivity contribution is 5.88. The summed E-state index contributed by atoms with van der Waals surface area (Å²) in [6.45, 7) is 5.81. The summed E-state index contributed by atoms with van der Waals surface area (Å²) in [5.41, 5.74) is 1.09. The fourth-order valence-corrected chi connectivity index (χ4v) is 2.43. The average Bonchev–Trinajstić information content (AvgIpc) is 2.64. The summed E-state index contributed by atoms with van der Waals surface area (Å²) in [4.78, 5) is 15.7. The second-order valence-electron chi connectivity index (χ2n) is 5.02. The fraction of sp³-hybridized carbons (Fsp3) is 0.667. The van der Waals surface area contributed by atoms with Crippen molar-refractivity contribution in [2.45, 2.75) is 19.5 Å². The monoisotopic (exact) mass is 252 g/mol. The molecule has 18 heavy (non-hydrogen) atoms. The van der Waals surface area contributed by atoms with Crippen LogP contribution in [-0.2, 0) is 13.6 Å². The minimum absolute atomic E-state index is 0.309. The van der Waals surface area contributed by atoms with E-state index in [2.05, 4.69) is 28.9 Å². The molecule has 0 bridgehead atoms. The molecule has 2 heterocycles. The topological polar surface area (TPSA) is 61.6 Å². The Morgan fingerprint density at radius 1 is 1.50 bits per heavy atom. The third kappa shape index (κ3) is 2.54. The molecular formula is C12H20N4O2. The van der Waals surface area contributed by atoms with Crippen molar-refractivity contribution in [3.63, 3.8) is 0 Å². The van der Waals surface area contributed by atoms with Crippen LogP contribution in [0.25, 0.3) is 0 Å². The Morgan fingerprint density at radius 2 is 2.22 bits per heavy atom. The zero-order valence-electron chi connectivity index (χ0n) is 11.1. The lowest BCUT2D eigenvalue weighted by molar-refractivity contribution is 0.0686. The summed E-state index contributed by atoms with van der Waals surface area (Å²) in [6.07, 6.45) is 1.43. The molecule has 0 aromatic carbocycles. The first-order valence-electron chi connectivity index (χ1n) is 6.15. The van der Waals surface area contributed by atoms with Crippen LogP contribution in [0.15, 0.2) is 6.20 Å². The summed E-state index contributed by atoms with van der Waals surface area (Å²) >= 11 is 0. The van der Waals surface area contributed by atoms with Crippen molar-refractivity contribution in [3.05, 3.63) is 17.5 Å². The van der Waals surface area contributed by atoms with Crippen molar-refractivity contribution in [1.29, 1.82) is 0 Å². The Labute approximate surface area is 107 Å². The SMILES string of the molecule is CC1CN(C)CCN1Cc1c(C(=O)O)cnn1C. The molecule has 0 amide bonds. The van der Waals surface area contributed by atoms with Crippen LogP contribution in [-0.4, -0.2) is 63.4 Å². The van der Waals surface area contributed by atoms with Crippen LogP contribution in [0.1, 0.15) is 23.0 Å². The Kier molecular flexibility index (Phi) is 3.68. The molecule has 1 atom stereocenters. The summed E-state index contributed by atoms with van der Waals surface area (Å²) in [5.74, 6) is -0.903. The molecule has 1 aliphatic heterocycles. The standard InChI is InChI=1S/C12H20N4O2/c1-9-7-14(2)4-5-16(9)8-11-10(12(17)18)6-13-15(11)3/h6,9H,4-5,7-8H2,1-3H3,(H,17,18). The number of hydrogen-bond acceptors (Lipinski definition) is 4. The Hall–Kier alpha value is -1.40. The lowest BCUT2D eigenvalue weighted by Crippen LogP contribution is -2.50. The third-order valence-corrected chi connectivity index (χ3v) is 3.61. The number of carbonyl (C=O) groups is 1. The number of hydrogen-bond donors (Lipinski definition) is 1. The van der Waals surface area contributed by atoms with Gasteiger partial charge in [0.15, 0.2) is 0 Å². The van der Waals surface area contributed by atoms with Gasteiger partial charge in [-0.3, -0.25) is 9.58 Å². The maximum Gasteiger partial charge on any atom is 0.339 e. The Morgan fingerprint density at radius 3 is 2.83 bits per heavy atom. The smallest absolute Gasteiger partial charge is 0.339 e. The minimum atomic E-state index is -0.903. The van der Waals surface area contributed by atoms with Gasteiger partial charge in [-0.2, -0.15) is 5.10 Å². The largest absolute Gasteiger partial charge is 0.478 e. The summed E-state index contributed by atoms with van der Waals surface area (Å²) in [7, 11) is 3.91. The number of rotatable bonds is 3. The van der Waals surface area contributed by atoms with Crippen molar-refractivity contribution in [2.24, 2.45) is 7.05 Å². The van der Waals surface area contributed by atoms with E-state index in [9.17, 15) is 4.79 Å². The number of aryl methyl sites for hydroxylation is 1. The van der Waals surface area contributed by atoms with Gasteiger partial charge in [0.25, 0.3) is 0 Å². The van der Waals surface area contributed by atoms with Crippen molar-refractivity contribution < 1.29 is 9.90 Å². The van der Waals surface area contributed by atoms with Crippen molar-refractivity contribution in [3.8, 4) is 0 Å². The summed E-state index contributed by atoms with van der Waals surface area (Å²) in [5, 5.41) is 13.2. The van der Waals surface area contributed by atoms with Gasteiger partial charge in [-0.1, -0.05) is 0 Å². The molecule has 2 rings (SSSR count). The van der Waals surface area contributed by atoms with E-state index in [0.29, 0.717) is 18.2 Å². The lowest BCUT2D eigenvalue weighted by atomic mass is 10.1. The molecule has 1 aromatic heterocycles. The van der Waals surface area contributed by atoms with Crippen molar-refractivity contribution in [2.75, 3.05) is 26.7 Å². The Balaban J connectivity index is 2.14. The van der Waals surface area contributed by atoms with Gasteiger partial charge in [-0.15, -0.1) is 0 Å². The van der Waals surface area contributed by atoms with Crippen LogP contribution >= 0.6 is 0 Å². The lowest BCUT2D eigenvalue weighted by Gasteiger charge is -2.38. The van der Waals surface area contributed by atoms with Crippen molar-refractivity contribution >= 4 is 5.97 Å². The van der Waals surface area contributed by atoms with Crippen LogP contribution in [0.4, 0.5) is 0 Å². The van der Waals surface area contributed by atoms with Gasteiger partial charge in [0, 0.05) is 39.3 Å². The number of aromatic nitrogens is 2. The molecule has 0 saturated carbocycles. The van der Waals surface area contributed by atoms with Crippen LogP contribution in [0.5, 0.6) is 0 Å². The van der Waals surface area contributed by atoms with Gasteiger partial charge in [0.2, 0.25) is 0 Å². The molecule has 0 spiro atoms. The Bertz CT molecular complexity index is 443.